The van der Waals surface area contributed by atoms with Crippen molar-refractivity contribution in [1.82, 2.24) is 14.9 Å². The highest BCUT2D eigenvalue weighted by molar-refractivity contribution is 5.94. The lowest BCUT2D eigenvalue weighted by Gasteiger charge is -2.23. The van der Waals surface area contributed by atoms with Gasteiger partial charge >= 0.3 is 0 Å². The molecule has 1 aliphatic heterocycles. The summed E-state index contributed by atoms with van der Waals surface area (Å²) >= 11 is 0. The Hall–Kier alpha value is -2.30. The average Bonchev–Trinajstić information content (AvgIpc) is 3.09. The van der Waals surface area contributed by atoms with Crippen molar-refractivity contribution < 1.29 is 4.79 Å². The Bertz CT molecular complexity index is 673. The molecule has 2 aromatic heterocycles. The van der Waals surface area contributed by atoms with Gasteiger partial charge in [0, 0.05) is 24.1 Å². The fraction of sp³-hybridized carbons (Fsp3) is 0.333. The summed E-state index contributed by atoms with van der Waals surface area (Å²) in [6, 6.07) is 7.32. The minimum absolute atomic E-state index is 0.0400. The summed E-state index contributed by atoms with van der Waals surface area (Å²) in [5, 5.41) is 0. The average molecular weight is 271 g/mol. The van der Waals surface area contributed by atoms with Gasteiger partial charge in [-0.05, 0) is 44.0 Å². The minimum Gasteiger partial charge on any atom is -0.363 e. The third kappa shape index (κ3) is 2.15. The van der Waals surface area contributed by atoms with Crippen LogP contribution in [0.5, 0.6) is 0 Å². The van der Waals surface area contributed by atoms with Crippen molar-refractivity contribution in [2.24, 2.45) is 0 Å². The molecule has 1 fully saturated rings. The normalized spacial score (nSPS) is 18.4. The van der Waals surface area contributed by atoms with E-state index in [0.29, 0.717) is 6.54 Å². The van der Waals surface area contributed by atoms with Crippen molar-refractivity contribution in [3.8, 4) is 0 Å². The number of aromatic amines is 2. The van der Waals surface area contributed by atoms with Crippen LogP contribution in [0.3, 0.4) is 0 Å². The number of likely N-dealkylation sites (tertiary alicyclic amines) is 1. The maximum atomic E-state index is 12.6. The number of carbonyl (C=O) groups excluding carboxylic acids is 1. The number of carbonyl (C=O) groups is 1. The molecular weight excluding hydrogens is 254 g/mol. The molecule has 0 bridgehead atoms. The standard InChI is InChI=1S/C15H17N3O2/c1-10-6-7-11(14(19)17-10)15(20)18-9-3-5-13(18)12-4-2-8-16-12/h2,4,6-8,13,16H,3,5,9H2,1H3,(H,17,19)/t13-/m0/s1. The van der Waals surface area contributed by atoms with Crippen LogP contribution in [0.15, 0.2) is 35.3 Å². The van der Waals surface area contributed by atoms with Crippen molar-refractivity contribution in [2.45, 2.75) is 25.8 Å². The summed E-state index contributed by atoms with van der Waals surface area (Å²) in [6.45, 7) is 2.49. The zero-order valence-electron chi connectivity index (χ0n) is 11.3. The van der Waals surface area contributed by atoms with Crippen LogP contribution in [0, 0.1) is 6.92 Å². The van der Waals surface area contributed by atoms with Gasteiger partial charge in [-0.1, -0.05) is 0 Å². The largest absolute Gasteiger partial charge is 0.363 e. The van der Waals surface area contributed by atoms with Crippen LogP contribution in [0.1, 0.15) is 40.6 Å². The highest BCUT2D eigenvalue weighted by Gasteiger charge is 2.32. The molecular formula is C15H17N3O2. The number of rotatable bonds is 2. The van der Waals surface area contributed by atoms with Crippen molar-refractivity contribution >= 4 is 5.91 Å². The first-order valence-corrected chi connectivity index (χ1v) is 6.81. The van der Waals surface area contributed by atoms with Gasteiger partial charge in [0.2, 0.25) is 0 Å². The van der Waals surface area contributed by atoms with E-state index < -0.39 is 0 Å². The third-order valence-corrected chi connectivity index (χ3v) is 3.78. The van der Waals surface area contributed by atoms with Crippen LogP contribution < -0.4 is 5.56 Å². The Morgan fingerprint density at radius 1 is 1.35 bits per heavy atom. The Kier molecular flexibility index (Phi) is 3.18. The monoisotopic (exact) mass is 271 g/mol. The van der Waals surface area contributed by atoms with Gasteiger partial charge in [0.05, 0.1) is 6.04 Å². The van der Waals surface area contributed by atoms with E-state index in [1.165, 1.54) is 0 Å². The molecule has 0 aliphatic carbocycles. The van der Waals surface area contributed by atoms with Crippen LogP contribution in [-0.4, -0.2) is 27.3 Å². The molecule has 1 saturated heterocycles. The van der Waals surface area contributed by atoms with Gasteiger partial charge in [-0.3, -0.25) is 9.59 Å². The molecule has 0 unspecified atom stereocenters. The highest BCUT2D eigenvalue weighted by Crippen LogP contribution is 2.31. The van der Waals surface area contributed by atoms with Gasteiger partial charge in [-0.15, -0.1) is 0 Å². The number of amides is 1. The number of hydrogen-bond acceptors (Lipinski definition) is 2. The molecule has 0 aromatic carbocycles. The second-order valence-electron chi connectivity index (χ2n) is 5.17. The second kappa shape index (κ2) is 5.00. The number of aromatic nitrogens is 2. The number of hydrogen-bond donors (Lipinski definition) is 2. The molecule has 0 radical (unpaired) electrons. The molecule has 2 N–H and O–H groups in total. The summed E-state index contributed by atoms with van der Waals surface area (Å²) in [6.07, 6.45) is 3.74. The molecule has 0 spiro atoms. The summed E-state index contributed by atoms with van der Waals surface area (Å²) in [7, 11) is 0. The molecule has 3 rings (SSSR count). The number of nitrogens with one attached hydrogen (secondary N) is 2. The fourth-order valence-electron chi connectivity index (χ4n) is 2.78. The number of nitrogens with zero attached hydrogens (tertiary/aromatic N) is 1. The zero-order chi connectivity index (χ0) is 14.1. The number of pyridine rings is 1. The van der Waals surface area contributed by atoms with E-state index >= 15 is 0 Å². The molecule has 1 amide bonds. The predicted octanol–water partition coefficient (Wildman–Crippen LogP) is 1.99. The molecule has 0 saturated carbocycles. The first kappa shape index (κ1) is 12.7. The fourth-order valence-corrected chi connectivity index (χ4v) is 2.78. The van der Waals surface area contributed by atoms with Crippen molar-refractivity contribution in [1.29, 1.82) is 0 Å². The lowest BCUT2D eigenvalue weighted by molar-refractivity contribution is 0.0731. The molecule has 5 heteroatoms. The summed E-state index contributed by atoms with van der Waals surface area (Å²) < 4.78 is 0. The maximum absolute atomic E-state index is 12.6. The molecule has 1 atom stereocenters. The first-order valence-electron chi connectivity index (χ1n) is 6.81. The molecule has 20 heavy (non-hydrogen) atoms. The molecule has 5 nitrogen and oxygen atoms in total. The summed E-state index contributed by atoms with van der Waals surface area (Å²) in [4.78, 5) is 32.1. The quantitative estimate of drug-likeness (QED) is 0.877. The van der Waals surface area contributed by atoms with E-state index in [1.807, 2.05) is 18.3 Å². The lowest BCUT2D eigenvalue weighted by atomic mass is 10.1. The van der Waals surface area contributed by atoms with Gasteiger partial charge in [-0.2, -0.15) is 0 Å². The van der Waals surface area contributed by atoms with Crippen LogP contribution in [0.2, 0.25) is 0 Å². The van der Waals surface area contributed by atoms with Crippen molar-refractivity contribution in [2.75, 3.05) is 6.54 Å². The Morgan fingerprint density at radius 3 is 2.90 bits per heavy atom. The highest BCUT2D eigenvalue weighted by atomic mass is 16.2. The van der Waals surface area contributed by atoms with Gasteiger partial charge < -0.3 is 14.9 Å². The minimum atomic E-state index is -0.313. The van der Waals surface area contributed by atoms with E-state index in [-0.39, 0.29) is 23.1 Å². The van der Waals surface area contributed by atoms with Crippen LogP contribution in [0.4, 0.5) is 0 Å². The molecule has 1 aliphatic rings. The van der Waals surface area contributed by atoms with Gasteiger partial charge in [-0.25, -0.2) is 0 Å². The smallest absolute Gasteiger partial charge is 0.260 e. The second-order valence-corrected chi connectivity index (χ2v) is 5.17. The van der Waals surface area contributed by atoms with Crippen LogP contribution in [-0.2, 0) is 0 Å². The zero-order valence-corrected chi connectivity index (χ0v) is 11.3. The topological polar surface area (TPSA) is 69.0 Å². The van der Waals surface area contributed by atoms with Gasteiger partial charge in [0.25, 0.3) is 11.5 Å². The SMILES string of the molecule is Cc1ccc(C(=O)N2CCC[C@H]2c2ccc[nH]2)c(=O)[nH]1. The molecule has 3 heterocycles. The Labute approximate surface area is 116 Å². The van der Waals surface area contributed by atoms with Crippen molar-refractivity contribution in [3.05, 3.63) is 57.8 Å². The first-order chi connectivity index (χ1) is 9.66. The van der Waals surface area contributed by atoms with E-state index in [4.69, 9.17) is 0 Å². The van der Waals surface area contributed by atoms with Gasteiger partial charge in [0.1, 0.15) is 5.56 Å². The van der Waals surface area contributed by atoms with E-state index in [2.05, 4.69) is 9.97 Å². The lowest BCUT2D eigenvalue weighted by Crippen LogP contribution is -2.34. The third-order valence-electron chi connectivity index (χ3n) is 3.78. The maximum Gasteiger partial charge on any atom is 0.260 e. The number of H-pyrrole nitrogens is 2. The van der Waals surface area contributed by atoms with E-state index in [9.17, 15) is 9.59 Å². The molecule has 104 valence electrons. The van der Waals surface area contributed by atoms with Crippen molar-refractivity contribution in [3.63, 3.8) is 0 Å². The van der Waals surface area contributed by atoms with E-state index in [0.717, 1.165) is 24.2 Å². The van der Waals surface area contributed by atoms with Crippen LogP contribution in [0.25, 0.3) is 0 Å². The predicted molar refractivity (Wildman–Crippen MR) is 75.6 cm³/mol. The van der Waals surface area contributed by atoms with E-state index in [1.54, 1.807) is 24.0 Å². The Morgan fingerprint density at radius 2 is 2.20 bits per heavy atom. The molecule has 2 aromatic rings. The Balaban J connectivity index is 1.91. The van der Waals surface area contributed by atoms with Crippen LogP contribution >= 0.6 is 0 Å². The number of aryl methyl sites for hydroxylation is 1. The van der Waals surface area contributed by atoms with Gasteiger partial charge in [0.15, 0.2) is 0 Å². The summed E-state index contributed by atoms with van der Waals surface area (Å²) in [5.41, 5.74) is 1.69. The summed E-state index contributed by atoms with van der Waals surface area (Å²) in [5.74, 6) is -0.191.